The molecule has 1 saturated heterocycles. The van der Waals surface area contributed by atoms with E-state index >= 15 is 0 Å². The van der Waals surface area contributed by atoms with Crippen molar-refractivity contribution in [2.75, 3.05) is 13.1 Å². The summed E-state index contributed by atoms with van der Waals surface area (Å²) in [6, 6.07) is 5.68. The molecule has 0 amide bonds. The lowest BCUT2D eigenvalue weighted by Crippen LogP contribution is -2.27. The normalized spacial score (nSPS) is 16.0. The summed E-state index contributed by atoms with van der Waals surface area (Å²) >= 11 is 0. The summed E-state index contributed by atoms with van der Waals surface area (Å²) in [5, 5.41) is 8.54. The monoisotopic (exact) mass is 311 g/mol. The lowest BCUT2D eigenvalue weighted by Gasteiger charge is -2.15. The van der Waals surface area contributed by atoms with Crippen LogP contribution in [0.1, 0.15) is 36.0 Å². The Morgan fingerprint density at radius 3 is 2.14 bits per heavy atom. The van der Waals surface area contributed by atoms with Crippen molar-refractivity contribution in [3.05, 3.63) is 29.8 Å². The summed E-state index contributed by atoms with van der Waals surface area (Å²) in [6.07, 6.45) is 1.41. The Labute approximate surface area is 123 Å². The van der Waals surface area contributed by atoms with Gasteiger partial charge in [-0.25, -0.2) is 8.42 Å². The van der Waals surface area contributed by atoms with Crippen LogP contribution in [0, 0.1) is 0 Å². The molecular formula is C14H17NO5S. The molecule has 1 aromatic rings. The molecule has 2 rings (SSSR count). The van der Waals surface area contributed by atoms with Crippen molar-refractivity contribution >= 4 is 21.8 Å². The van der Waals surface area contributed by atoms with Gasteiger partial charge in [-0.1, -0.05) is 12.1 Å². The van der Waals surface area contributed by atoms with E-state index < -0.39 is 16.0 Å². The predicted molar refractivity (Wildman–Crippen MR) is 75.6 cm³/mol. The number of carbonyl (C=O) groups is 2. The van der Waals surface area contributed by atoms with Crippen LogP contribution in [0.3, 0.4) is 0 Å². The van der Waals surface area contributed by atoms with Gasteiger partial charge in [-0.2, -0.15) is 4.31 Å². The molecule has 1 fully saturated rings. The minimum absolute atomic E-state index is 0.0897. The number of carboxylic acid groups (broad SMARTS) is 1. The largest absolute Gasteiger partial charge is 0.481 e. The van der Waals surface area contributed by atoms with E-state index in [-0.39, 0.29) is 23.5 Å². The zero-order valence-corrected chi connectivity index (χ0v) is 12.3. The van der Waals surface area contributed by atoms with Crippen LogP contribution in [-0.2, 0) is 14.8 Å². The van der Waals surface area contributed by atoms with Gasteiger partial charge in [0.05, 0.1) is 11.3 Å². The molecule has 1 aliphatic rings. The van der Waals surface area contributed by atoms with Crippen LogP contribution in [0.2, 0.25) is 0 Å². The molecule has 21 heavy (non-hydrogen) atoms. The van der Waals surface area contributed by atoms with Gasteiger partial charge in [-0.3, -0.25) is 9.59 Å². The van der Waals surface area contributed by atoms with Gasteiger partial charge in [0.2, 0.25) is 10.0 Å². The fraction of sp³-hybridized carbons (Fsp3) is 0.429. The van der Waals surface area contributed by atoms with Crippen molar-refractivity contribution in [2.45, 2.75) is 30.6 Å². The van der Waals surface area contributed by atoms with E-state index in [2.05, 4.69) is 0 Å². The van der Waals surface area contributed by atoms with Crippen molar-refractivity contribution in [1.29, 1.82) is 0 Å². The number of hydrogen-bond donors (Lipinski definition) is 1. The fourth-order valence-corrected chi connectivity index (χ4v) is 3.77. The van der Waals surface area contributed by atoms with E-state index in [1.54, 1.807) is 0 Å². The second-order valence-electron chi connectivity index (χ2n) is 4.95. The number of carbonyl (C=O) groups excluding carboxylic acids is 1. The van der Waals surface area contributed by atoms with Gasteiger partial charge < -0.3 is 5.11 Å². The number of Topliss-reactive ketones (excluding diaryl/α,β-unsaturated/α-hetero) is 1. The molecule has 1 heterocycles. The number of sulfonamides is 1. The molecule has 1 aromatic carbocycles. The topological polar surface area (TPSA) is 91.7 Å². The Morgan fingerprint density at radius 1 is 1.05 bits per heavy atom. The lowest BCUT2D eigenvalue weighted by molar-refractivity contribution is -0.136. The van der Waals surface area contributed by atoms with E-state index in [1.807, 2.05) is 0 Å². The molecular weight excluding hydrogens is 294 g/mol. The van der Waals surface area contributed by atoms with E-state index in [0.717, 1.165) is 12.8 Å². The number of rotatable bonds is 6. The molecule has 0 saturated carbocycles. The first-order valence-corrected chi connectivity index (χ1v) is 8.20. The van der Waals surface area contributed by atoms with Gasteiger partial charge in [0, 0.05) is 25.1 Å². The number of hydrogen-bond acceptors (Lipinski definition) is 4. The molecule has 0 bridgehead atoms. The van der Waals surface area contributed by atoms with Gasteiger partial charge in [-0.15, -0.1) is 0 Å². The number of aliphatic carboxylic acids is 1. The minimum Gasteiger partial charge on any atom is -0.481 e. The molecule has 0 atom stereocenters. The standard InChI is InChI=1S/C14H17NO5S/c16-13(7-8-14(17)18)11-3-5-12(6-4-11)21(19,20)15-9-1-2-10-15/h3-6H,1-2,7-10H2,(H,17,18). The van der Waals surface area contributed by atoms with Crippen molar-refractivity contribution < 1.29 is 23.1 Å². The van der Waals surface area contributed by atoms with Crippen LogP contribution in [0.5, 0.6) is 0 Å². The van der Waals surface area contributed by atoms with Crippen LogP contribution in [0.15, 0.2) is 29.2 Å². The zero-order chi connectivity index (χ0) is 15.5. The van der Waals surface area contributed by atoms with Gasteiger partial charge in [0.15, 0.2) is 5.78 Å². The highest BCUT2D eigenvalue weighted by Gasteiger charge is 2.27. The summed E-state index contributed by atoms with van der Waals surface area (Å²) < 4.78 is 26.0. The quantitative estimate of drug-likeness (QED) is 0.804. The zero-order valence-electron chi connectivity index (χ0n) is 11.5. The van der Waals surface area contributed by atoms with Crippen LogP contribution < -0.4 is 0 Å². The van der Waals surface area contributed by atoms with E-state index in [0.29, 0.717) is 18.7 Å². The summed E-state index contributed by atoms with van der Waals surface area (Å²) in [7, 11) is -3.48. The Bertz CT molecular complexity index is 630. The Kier molecular flexibility index (Phi) is 4.74. The predicted octanol–water partition coefficient (Wildman–Crippen LogP) is 1.52. The molecule has 114 valence electrons. The SMILES string of the molecule is O=C(O)CCC(=O)c1ccc(S(=O)(=O)N2CCCC2)cc1. The van der Waals surface area contributed by atoms with Crippen LogP contribution in [0.4, 0.5) is 0 Å². The summed E-state index contributed by atoms with van der Waals surface area (Å²) in [5.41, 5.74) is 0.330. The molecule has 0 radical (unpaired) electrons. The number of nitrogens with zero attached hydrogens (tertiary/aromatic N) is 1. The first-order chi connectivity index (χ1) is 9.91. The minimum atomic E-state index is -3.48. The summed E-state index contributed by atoms with van der Waals surface area (Å²) in [6.45, 7) is 1.06. The smallest absolute Gasteiger partial charge is 0.303 e. The van der Waals surface area contributed by atoms with Crippen molar-refractivity contribution in [3.63, 3.8) is 0 Å². The molecule has 1 aliphatic heterocycles. The van der Waals surface area contributed by atoms with Crippen molar-refractivity contribution in [3.8, 4) is 0 Å². The van der Waals surface area contributed by atoms with Gasteiger partial charge in [0.25, 0.3) is 0 Å². The average molecular weight is 311 g/mol. The van der Waals surface area contributed by atoms with Crippen LogP contribution >= 0.6 is 0 Å². The van der Waals surface area contributed by atoms with E-state index in [4.69, 9.17) is 5.11 Å². The maximum atomic E-state index is 12.3. The summed E-state index contributed by atoms with van der Waals surface area (Å²) in [5.74, 6) is -1.33. The van der Waals surface area contributed by atoms with Gasteiger partial charge in [0.1, 0.15) is 0 Å². The molecule has 0 spiro atoms. The van der Waals surface area contributed by atoms with Gasteiger partial charge >= 0.3 is 5.97 Å². The first-order valence-electron chi connectivity index (χ1n) is 6.76. The van der Waals surface area contributed by atoms with Crippen molar-refractivity contribution in [1.82, 2.24) is 4.31 Å². The Morgan fingerprint density at radius 2 is 1.62 bits per heavy atom. The highest BCUT2D eigenvalue weighted by Crippen LogP contribution is 2.21. The lowest BCUT2D eigenvalue weighted by atomic mass is 10.1. The molecule has 0 aromatic heterocycles. The van der Waals surface area contributed by atoms with Crippen molar-refractivity contribution in [2.24, 2.45) is 0 Å². The molecule has 6 nitrogen and oxygen atoms in total. The molecule has 0 aliphatic carbocycles. The first kappa shape index (κ1) is 15.7. The van der Waals surface area contributed by atoms with E-state index in [9.17, 15) is 18.0 Å². The Balaban J connectivity index is 2.11. The highest BCUT2D eigenvalue weighted by atomic mass is 32.2. The second kappa shape index (κ2) is 6.36. The molecule has 1 N–H and O–H groups in total. The Hall–Kier alpha value is -1.73. The van der Waals surface area contributed by atoms with Gasteiger partial charge in [-0.05, 0) is 25.0 Å². The molecule has 7 heteroatoms. The number of ketones is 1. The maximum Gasteiger partial charge on any atom is 0.303 e. The van der Waals surface area contributed by atoms with E-state index in [1.165, 1.54) is 28.6 Å². The average Bonchev–Trinajstić information content (AvgIpc) is 2.99. The number of carboxylic acids is 1. The number of benzene rings is 1. The highest BCUT2D eigenvalue weighted by molar-refractivity contribution is 7.89. The summed E-state index contributed by atoms with van der Waals surface area (Å²) in [4.78, 5) is 22.3. The third-order valence-corrected chi connectivity index (χ3v) is 5.36. The third-order valence-electron chi connectivity index (χ3n) is 3.45. The fourth-order valence-electron chi connectivity index (χ4n) is 2.26. The van der Waals surface area contributed by atoms with Crippen LogP contribution in [0.25, 0.3) is 0 Å². The van der Waals surface area contributed by atoms with Crippen LogP contribution in [-0.4, -0.2) is 42.7 Å². The third kappa shape index (κ3) is 3.68. The maximum absolute atomic E-state index is 12.3. The molecule has 0 unspecified atom stereocenters. The second-order valence-corrected chi connectivity index (χ2v) is 6.89.